The Kier molecular flexibility index (Phi) is 6.50. The molecule has 1 aromatic heterocycles. The molecule has 1 heterocycles. The fourth-order valence-corrected chi connectivity index (χ4v) is 3.31. The molecule has 0 aliphatic carbocycles. The Hall–Kier alpha value is -4.39. The number of carbonyl (C=O) groups excluding carboxylic acids is 2. The van der Waals surface area contributed by atoms with E-state index in [-0.39, 0.29) is 24.6 Å². The quantitative estimate of drug-likeness (QED) is 0.409. The van der Waals surface area contributed by atoms with E-state index in [1.165, 1.54) is 0 Å². The van der Waals surface area contributed by atoms with E-state index < -0.39 is 11.9 Å². The molecule has 4 rings (SSSR count). The van der Waals surface area contributed by atoms with Crippen molar-refractivity contribution >= 4 is 22.6 Å². The number of hydrogen-bond donors (Lipinski definition) is 2. The van der Waals surface area contributed by atoms with E-state index in [1.54, 1.807) is 25.1 Å². The summed E-state index contributed by atoms with van der Waals surface area (Å²) in [6, 6.07) is 23.7. The highest BCUT2D eigenvalue weighted by Gasteiger charge is 2.19. The number of carbonyl (C=O) groups is 2. The number of pyridine rings is 1. The number of aryl methyl sites for hydroxylation is 1. The van der Waals surface area contributed by atoms with Crippen LogP contribution in [0, 0.1) is 6.92 Å². The van der Waals surface area contributed by atoms with Crippen LogP contribution in [-0.2, 0) is 16.1 Å². The summed E-state index contributed by atoms with van der Waals surface area (Å²) in [7, 11) is 0. The average molecular weight is 442 g/mol. The fourth-order valence-electron chi connectivity index (χ4n) is 3.31. The van der Waals surface area contributed by atoms with Crippen LogP contribution in [0.15, 0.2) is 78.9 Å². The lowest BCUT2D eigenvalue weighted by molar-refractivity contribution is -0.143. The number of para-hydroxylation sites is 1. The van der Waals surface area contributed by atoms with Crippen LogP contribution in [0.5, 0.6) is 17.2 Å². The summed E-state index contributed by atoms with van der Waals surface area (Å²) in [6.45, 7) is 1.51. The Bertz CT molecular complexity index is 1290. The molecule has 0 aliphatic rings. The van der Waals surface area contributed by atoms with Gasteiger partial charge in [0.1, 0.15) is 24.7 Å². The Labute approximate surface area is 190 Å². The summed E-state index contributed by atoms with van der Waals surface area (Å²) in [4.78, 5) is 28.8. The number of amides is 1. The highest BCUT2D eigenvalue weighted by Crippen LogP contribution is 2.33. The first kappa shape index (κ1) is 21.8. The smallest absolute Gasteiger partial charge is 0.325 e. The minimum Gasteiger partial charge on any atom is -0.505 e. The van der Waals surface area contributed by atoms with E-state index in [0.29, 0.717) is 28.0 Å². The van der Waals surface area contributed by atoms with E-state index in [4.69, 9.17) is 9.47 Å². The first-order valence-electron chi connectivity index (χ1n) is 10.4. The monoisotopic (exact) mass is 442 g/mol. The molecular weight excluding hydrogens is 420 g/mol. The largest absolute Gasteiger partial charge is 0.505 e. The van der Waals surface area contributed by atoms with Gasteiger partial charge in [0.15, 0.2) is 11.4 Å². The highest BCUT2D eigenvalue weighted by molar-refractivity contribution is 6.03. The van der Waals surface area contributed by atoms with Gasteiger partial charge in [0.25, 0.3) is 5.91 Å². The molecule has 0 saturated carbocycles. The predicted octanol–water partition coefficient (Wildman–Crippen LogP) is 4.51. The van der Waals surface area contributed by atoms with E-state index in [9.17, 15) is 14.7 Å². The molecule has 33 heavy (non-hydrogen) atoms. The standard InChI is InChI=1S/C26H22N2O5/c1-17-22-14-20(33-19-10-6-3-7-11-19)12-13-21(22)25(30)24(28-17)26(31)27-15-23(29)32-16-18-8-4-2-5-9-18/h2-14,30H,15-16H2,1H3,(H,27,31). The fraction of sp³-hybridized carbons (Fsp3) is 0.115. The molecule has 0 radical (unpaired) electrons. The minimum absolute atomic E-state index is 0.113. The van der Waals surface area contributed by atoms with Crippen LogP contribution in [-0.4, -0.2) is 28.5 Å². The van der Waals surface area contributed by atoms with Crippen LogP contribution in [0.1, 0.15) is 21.7 Å². The van der Waals surface area contributed by atoms with Crippen molar-refractivity contribution in [2.45, 2.75) is 13.5 Å². The number of nitrogens with one attached hydrogen (secondary N) is 1. The molecular formula is C26H22N2O5. The summed E-state index contributed by atoms with van der Waals surface area (Å²) in [5.41, 5.74) is 1.22. The van der Waals surface area contributed by atoms with Crippen molar-refractivity contribution in [2.75, 3.05) is 6.54 Å². The summed E-state index contributed by atoms with van der Waals surface area (Å²) in [5, 5.41) is 14.2. The van der Waals surface area contributed by atoms with Gasteiger partial charge >= 0.3 is 5.97 Å². The molecule has 0 unspecified atom stereocenters. The Morgan fingerprint density at radius 3 is 2.33 bits per heavy atom. The number of benzene rings is 3. The Morgan fingerprint density at radius 1 is 0.909 bits per heavy atom. The van der Waals surface area contributed by atoms with E-state index >= 15 is 0 Å². The van der Waals surface area contributed by atoms with Gasteiger partial charge in [-0.05, 0) is 42.8 Å². The first-order valence-corrected chi connectivity index (χ1v) is 10.4. The molecule has 0 fully saturated rings. The second-order valence-electron chi connectivity index (χ2n) is 7.35. The van der Waals surface area contributed by atoms with Gasteiger partial charge in [-0.15, -0.1) is 0 Å². The van der Waals surface area contributed by atoms with Gasteiger partial charge < -0.3 is 19.9 Å². The molecule has 7 nitrogen and oxygen atoms in total. The third kappa shape index (κ3) is 5.27. The Balaban J connectivity index is 1.44. The van der Waals surface area contributed by atoms with E-state index in [0.717, 1.165) is 5.56 Å². The number of aromatic nitrogens is 1. The first-order chi connectivity index (χ1) is 16.0. The molecule has 3 aromatic carbocycles. The van der Waals surface area contributed by atoms with E-state index in [2.05, 4.69) is 10.3 Å². The number of nitrogens with zero attached hydrogens (tertiary/aromatic N) is 1. The molecule has 166 valence electrons. The van der Waals surface area contributed by atoms with Gasteiger partial charge in [-0.1, -0.05) is 48.5 Å². The van der Waals surface area contributed by atoms with Crippen LogP contribution >= 0.6 is 0 Å². The lowest BCUT2D eigenvalue weighted by Gasteiger charge is -2.12. The van der Waals surface area contributed by atoms with Crippen molar-refractivity contribution in [1.29, 1.82) is 0 Å². The number of esters is 1. The molecule has 0 bridgehead atoms. The van der Waals surface area contributed by atoms with Crippen LogP contribution in [0.2, 0.25) is 0 Å². The third-order valence-electron chi connectivity index (χ3n) is 4.97. The van der Waals surface area contributed by atoms with Gasteiger partial charge in [-0.2, -0.15) is 0 Å². The van der Waals surface area contributed by atoms with Crippen LogP contribution < -0.4 is 10.1 Å². The zero-order chi connectivity index (χ0) is 23.2. The van der Waals surface area contributed by atoms with Crippen molar-refractivity contribution in [3.05, 3.63) is 95.8 Å². The summed E-state index contributed by atoms with van der Waals surface area (Å²) < 4.78 is 11.0. The molecule has 7 heteroatoms. The topological polar surface area (TPSA) is 97.8 Å². The minimum atomic E-state index is -0.668. The van der Waals surface area contributed by atoms with Gasteiger partial charge in [0, 0.05) is 16.5 Å². The zero-order valence-corrected chi connectivity index (χ0v) is 17.9. The number of aromatic hydroxyl groups is 1. The maximum absolute atomic E-state index is 12.6. The molecule has 4 aromatic rings. The van der Waals surface area contributed by atoms with Gasteiger partial charge in [-0.25, -0.2) is 4.98 Å². The maximum atomic E-state index is 12.6. The predicted molar refractivity (Wildman–Crippen MR) is 123 cm³/mol. The van der Waals surface area contributed by atoms with Crippen molar-refractivity contribution in [3.8, 4) is 17.2 Å². The molecule has 0 aliphatic heterocycles. The molecule has 0 saturated heterocycles. The van der Waals surface area contributed by atoms with Crippen molar-refractivity contribution in [1.82, 2.24) is 10.3 Å². The summed E-state index contributed by atoms with van der Waals surface area (Å²) in [6.07, 6.45) is 0. The van der Waals surface area contributed by atoms with E-state index in [1.807, 2.05) is 60.7 Å². The second-order valence-corrected chi connectivity index (χ2v) is 7.35. The van der Waals surface area contributed by atoms with Gasteiger partial charge in [-0.3, -0.25) is 9.59 Å². The Morgan fingerprint density at radius 2 is 1.61 bits per heavy atom. The van der Waals surface area contributed by atoms with Crippen molar-refractivity contribution in [2.24, 2.45) is 0 Å². The number of rotatable bonds is 7. The van der Waals surface area contributed by atoms with Crippen molar-refractivity contribution < 1.29 is 24.2 Å². The number of ether oxygens (including phenoxy) is 2. The van der Waals surface area contributed by atoms with Crippen LogP contribution in [0.25, 0.3) is 10.8 Å². The molecule has 2 N–H and O–H groups in total. The van der Waals surface area contributed by atoms with Gasteiger partial charge in [0.05, 0.1) is 0 Å². The highest BCUT2D eigenvalue weighted by atomic mass is 16.5. The zero-order valence-electron chi connectivity index (χ0n) is 17.9. The van der Waals surface area contributed by atoms with Crippen LogP contribution in [0.4, 0.5) is 0 Å². The maximum Gasteiger partial charge on any atom is 0.325 e. The molecule has 1 amide bonds. The van der Waals surface area contributed by atoms with Crippen molar-refractivity contribution in [3.63, 3.8) is 0 Å². The summed E-state index contributed by atoms with van der Waals surface area (Å²) >= 11 is 0. The number of hydrogen-bond acceptors (Lipinski definition) is 6. The number of fused-ring (bicyclic) bond motifs is 1. The summed E-state index contributed by atoms with van der Waals surface area (Å²) in [5.74, 6) is -0.263. The van der Waals surface area contributed by atoms with Gasteiger partial charge in [0.2, 0.25) is 0 Å². The molecule has 0 atom stereocenters. The second kappa shape index (κ2) is 9.82. The average Bonchev–Trinajstić information content (AvgIpc) is 2.84. The van der Waals surface area contributed by atoms with Crippen LogP contribution in [0.3, 0.4) is 0 Å². The SMILES string of the molecule is Cc1nc(C(=O)NCC(=O)OCc2ccccc2)c(O)c2ccc(Oc3ccccc3)cc12. The normalized spacial score (nSPS) is 10.6. The lowest BCUT2D eigenvalue weighted by atomic mass is 10.1. The lowest BCUT2D eigenvalue weighted by Crippen LogP contribution is -2.31. The molecule has 0 spiro atoms. The third-order valence-corrected chi connectivity index (χ3v) is 4.97.